The van der Waals surface area contributed by atoms with Gasteiger partial charge in [0.25, 0.3) is 0 Å². The van der Waals surface area contributed by atoms with E-state index < -0.39 is 0 Å². The summed E-state index contributed by atoms with van der Waals surface area (Å²) in [6, 6.07) is 0. The Bertz CT molecular complexity index is 91.6. The van der Waals surface area contributed by atoms with E-state index in [1.54, 1.807) is 0 Å². The maximum atomic E-state index is 5.57. The molecule has 1 unspecified atom stereocenters. The van der Waals surface area contributed by atoms with Crippen LogP contribution in [0.5, 0.6) is 0 Å². The molecule has 0 bridgehead atoms. The highest BCUT2D eigenvalue weighted by Gasteiger charge is 2.05. The molecule has 1 atom stereocenters. The van der Waals surface area contributed by atoms with E-state index in [-0.39, 0.29) is 8.15 Å². The molecule has 0 spiro atoms. The van der Waals surface area contributed by atoms with Crippen molar-refractivity contribution in [1.29, 1.82) is 0 Å². The van der Waals surface area contributed by atoms with Gasteiger partial charge in [-0.25, -0.2) is 0 Å². The molecule has 0 saturated heterocycles. The Labute approximate surface area is 72.4 Å². The minimum Gasteiger partial charge on any atom is -0.360 e. The van der Waals surface area contributed by atoms with Crippen molar-refractivity contribution in [1.82, 2.24) is 0 Å². The molecule has 2 heteroatoms. The van der Waals surface area contributed by atoms with Gasteiger partial charge in [0.05, 0.1) is 6.61 Å². The lowest BCUT2D eigenvalue weighted by atomic mass is 10.0. The average molecular weight is 176 g/mol. The molecule has 0 fully saturated rings. The Balaban J connectivity index is 3.29. The lowest BCUT2D eigenvalue weighted by Crippen LogP contribution is -2.06. The fraction of sp³-hybridized carbons (Fsp3) is 1.00. The zero-order valence-electron chi connectivity index (χ0n) is 8.42. The Hall–Kier alpha value is 0.390. The second kappa shape index (κ2) is 5.97. The van der Waals surface area contributed by atoms with Gasteiger partial charge in [-0.05, 0) is 31.6 Å². The van der Waals surface area contributed by atoms with Gasteiger partial charge < -0.3 is 4.52 Å². The van der Waals surface area contributed by atoms with Crippen LogP contribution in [-0.4, -0.2) is 19.9 Å². The molecular weight excluding hydrogens is 155 g/mol. The van der Waals surface area contributed by atoms with Gasteiger partial charge in [0.15, 0.2) is 0 Å². The van der Waals surface area contributed by atoms with E-state index in [2.05, 4.69) is 34.1 Å². The normalized spacial score (nSPS) is 14.5. The largest absolute Gasteiger partial charge is 0.360 e. The Kier molecular flexibility index (Phi) is 6.18. The number of hydrogen-bond acceptors (Lipinski definition) is 1. The lowest BCUT2D eigenvalue weighted by molar-refractivity contribution is 0.262. The molecule has 1 nitrogen and oxygen atoms in total. The quantitative estimate of drug-likeness (QED) is 0.584. The van der Waals surface area contributed by atoms with Gasteiger partial charge in [0, 0.05) is 8.15 Å². The second-order valence-corrected chi connectivity index (χ2v) is 5.73. The highest BCUT2D eigenvalue weighted by molar-refractivity contribution is 7.50. The summed E-state index contributed by atoms with van der Waals surface area (Å²) in [4.78, 5) is 0. The maximum Gasteiger partial charge on any atom is 0.0534 e. The molecule has 0 aromatic rings. The Morgan fingerprint density at radius 3 is 2.09 bits per heavy atom. The minimum atomic E-state index is -0.158. The van der Waals surface area contributed by atoms with E-state index in [0.717, 1.165) is 18.4 Å². The third kappa shape index (κ3) is 8.29. The van der Waals surface area contributed by atoms with Crippen LogP contribution >= 0.6 is 8.15 Å². The lowest BCUT2D eigenvalue weighted by Gasteiger charge is -2.15. The van der Waals surface area contributed by atoms with E-state index in [4.69, 9.17) is 4.52 Å². The summed E-state index contributed by atoms with van der Waals surface area (Å²) in [5.74, 6) is 1.52. The van der Waals surface area contributed by atoms with E-state index in [1.807, 2.05) is 0 Å². The summed E-state index contributed by atoms with van der Waals surface area (Å²) in [5, 5.41) is 0. The van der Waals surface area contributed by atoms with Gasteiger partial charge in [0.1, 0.15) is 0 Å². The van der Waals surface area contributed by atoms with Crippen LogP contribution in [0, 0.1) is 11.8 Å². The molecule has 0 aliphatic rings. The first kappa shape index (κ1) is 11.4. The second-order valence-electron chi connectivity index (χ2n) is 3.84. The molecule has 0 radical (unpaired) electrons. The van der Waals surface area contributed by atoms with Crippen LogP contribution < -0.4 is 0 Å². The van der Waals surface area contributed by atoms with Crippen molar-refractivity contribution in [3.05, 3.63) is 0 Å². The maximum absolute atomic E-state index is 5.57. The fourth-order valence-corrected chi connectivity index (χ4v) is 1.70. The van der Waals surface area contributed by atoms with Crippen molar-refractivity contribution >= 4 is 8.15 Å². The van der Waals surface area contributed by atoms with E-state index in [1.165, 1.54) is 6.42 Å². The standard InChI is InChI=1S/C9H21OP/c1-8(2)6-9(3)7-10-11(4)5/h8-9H,6-7H2,1-5H3. The molecule has 0 aliphatic heterocycles. The molecule has 0 rings (SSSR count). The zero-order chi connectivity index (χ0) is 8.85. The van der Waals surface area contributed by atoms with Gasteiger partial charge >= 0.3 is 0 Å². The molecule has 0 amide bonds. The highest BCUT2D eigenvalue weighted by Crippen LogP contribution is 2.27. The van der Waals surface area contributed by atoms with E-state index in [0.29, 0.717) is 0 Å². The summed E-state index contributed by atoms with van der Waals surface area (Å²) in [6.45, 7) is 12.0. The summed E-state index contributed by atoms with van der Waals surface area (Å²) >= 11 is 0. The Morgan fingerprint density at radius 1 is 1.18 bits per heavy atom. The van der Waals surface area contributed by atoms with Crippen LogP contribution in [0.2, 0.25) is 0 Å². The molecular formula is C9H21OP. The van der Waals surface area contributed by atoms with Gasteiger partial charge in [-0.2, -0.15) is 0 Å². The summed E-state index contributed by atoms with van der Waals surface area (Å²) in [5.41, 5.74) is 0. The van der Waals surface area contributed by atoms with Crippen LogP contribution in [0.3, 0.4) is 0 Å². The summed E-state index contributed by atoms with van der Waals surface area (Å²) in [6.07, 6.45) is 1.28. The topological polar surface area (TPSA) is 9.23 Å². The van der Waals surface area contributed by atoms with Crippen LogP contribution in [0.4, 0.5) is 0 Å². The molecule has 11 heavy (non-hydrogen) atoms. The predicted molar refractivity (Wildman–Crippen MR) is 53.3 cm³/mol. The van der Waals surface area contributed by atoms with Gasteiger partial charge in [-0.3, -0.25) is 0 Å². The molecule has 0 aliphatic carbocycles. The van der Waals surface area contributed by atoms with Crippen LogP contribution in [-0.2, 0) is 4.52 Å². The smallest absolute Gasteiger partial charge is 0.0534 e. The van der Waals surface area contributed by atoms with E-state index in [9.17, 15) is 0 Å². The third-order valence-corrected chi connectivity index (χ3v) is 2.16. The van der Waals surface area contributed by atoms with Crippen molar-refractivity contribution in [2.75, 3.05) is 19.9 Å². The molecule has 0 N–H and O–H groups in total. The van der Waals surface area contributed by atoms with Crippen molar-refractivity contribution in [3.63, 3.8) is 0 Å². The summed E-state index contributed by atoms with van der Waals surface area (Å²) in [7, 11) is -0.158. The Morgan fingerprint density at radius 2 is 1.73 bits per heavy atom. The van der Waals surface area contributed by atoms with E-state index >= 15 is 0 Å². The highest BCUT2D eigenvalue weighted by atomic mass is 31.1. The number of hydrogen-bond donors (Lipinski definition) is 0. The molecule has 0 heterocycles. The first-order valence-electron chi connectivity index (χ1n) is 4.32. The fourth-order valence-electron chi connectivity index (χ4n) is 1.15. The molecule has 0 saturated carbocycles. The third-order valence-electron chi connectivity index (χ3n) is 1.49. The van der Waals surface area contributed by atoms with Crippen LogP contribution in [0.25, 0.3) is 0 Å². The predicted octanol–water partition coefficient (Wildman–Crippen LogP) is 3.34. The van der Waals surface area contributed by atoms with Gasteiger partial charge in [-0.15, -0.1) is 0 Å². The minimum absolute atomic E-state index is 0.158. The van der Waals surface area contributed by atoms with Crippen LogP contribution in [0.1, 0.15) is 27.2 Å². The number of rotatable bonds is 5. The first-order valence-corrected chi connectivity index (χ1v) is 6.48. The van der Waals surface area contributed by atoms with Gasteiger partial charge in [0.2, 0.25) is 0 Å². The molecule has 0 aromatic heterocycles. The van der Waals surface area contributed by atoms with Crippen LogP contribution in [0.15, 0.2) is 0 Å². The molecule has 68 valence electrons. The van der Waals surface area contributed by atoms with Crippen molar-refractivity contribution < 1.29 is 4.52 Å². The van der Waals surface area contributed by atoms with Crippen molar-refractivity contribution in [2.24, 2.45) is 11.8 Å². The zero-order valence-corrected chi connectivity index (χ0v) is 9.32. The van der Waals surface area contributed by atoms with Gasteiger partial charge in [-0.1, -0.05) is 20.8 Å². The first-order chi connectivity index (χ1) is 5.02. The van der Waals surface area contributed by atoms with Crippen molar-refractivity contribution in [2.45, 2.75) is 27.2 Å². The average Bonchev–Trinajstić information content (AvgIpc) is 1.82. The SMILES string of the molecule is CC(C)CC(C)COP(C)C. The monoisotopic (exact) mass is 176 g/mol. The van der Waals surface area contributed by atoms with Crippen molar-refractivity contribution in [3.8, 4) is 0 Å². The summed E-state index contributed by atoms with van der Waals surface area (Å²) < 4.78 is 5.57. The molecule has 0 aromatic carbocycles.